The summed E-state index contributed by atoms with van der Waals surface area (Å²) < 4.78 is 5.57. The smallest absolute Gasteiger partial charge is 0.407 e. The molecular formula is C21H21BrN4O3. The maximum atomic E-state index is 12.5. The molecule has 1 saturated heterocycles. The second kappa shape index (κ2) is 8.24. The van der Waals surface area contributed by atoms with E-state index >= 15 is 0 Å². The summed E-state index contributed by atoms with van der Waals surface area (Å²) in [7, 11) is 1.27. The Morgan fingerprint density at radius 1 is 1.24 bits per heavy atom. The van der Waals surface area contributed by atoms with Gasteiger partial charge in [0.2, 0.25) is 5.91 Å². The second-order valence-corrected chi connectivity index (χ2v) is 7.87. The lowest BCUT2D eigenvalue weighted by molar-refractivity contribution is -0.131. The molecule has 2 amide bonds. The lowest BCUT2D eigenvalue weighted by atomic mass is 10.1. The van der Waals surface area contributed by atoms with Gasteiger partial charge in [-0.1, -0.05) is 34.1 Å². The average Bonchev–Trinajstić information content (AvgIpc) is 3.38. The minimum absolute atomic E-state index is 0.0862. The fourth-order valence-electron chi connectivity index (χ4n) is 3.68. The van der Waals surface area contributed by atoms with Gasteiger partial charge in [0.05, 0.1) is 24.2 Å². The summed E-state index contributed by atoms with van der Waals surface area (Å²) in [5.41, 5.74) is 4.03. The van der Waals surface area contributed by atoms with Crippen molar-refractivity contribution >= 4 is 39.0 Å². The van der Waals surface area contributed by atoms with Crippen molar-refractivity contribution in [2.45, 2.75) is 18.9 Å². The fourth-order valence-corrected chi connectivity index (χ4v) is 3.94. The number of benzene rings is 2. The Kier molecular flexibility index (Phi) is 5.53. The topological polar surface area (TPSA) is 87.3 Å². The number of carbonyl (C=O) groups is 2. The predicted molar refractivity (Wildman–Crippen MR) is 113 cm³/mol. The fraction of sp³-hybridized carbons (Fsp3) is 0.286. The molecule has 8 heteroatoms. The Morgan fingerprint density at radius 3 is 2.76 bits per heavy atom. The van der Waals surface area contributed by atoms with Crippen LogP contribution < -0.4 is 5.32 Å². The van der Waals surface area contributed by atoms with Crippen molar-refractivity contribution in [3.63, 3.8) is 0 Å². The van der Waals surface area contributed by atoms with Crippen molar-refractivity contribution < 1.29 is 14.3 Å². The third-order valence-corrected chi connectivity index (χ3v) is 5.66. The number of carbonyl (C=O) groups excluding carboxylic acids is 2. The van der Waals surface area contributed by atoms with Gasteiger partial charge in [-0.15, -0.1) is 0 Å². The molecule has 1 atom stereocenters. The van der Waals surface area contributed by atoms with Crippen LogP contribution in [0.3, 0.4) is 0 Å². The predicted octanol–water partition coefficient (Wildman–Crippen LogP) is 4.01. The molecule has 29 heavy (non-hydrogen) atoms. The number of alkyl carbamates (subject to hydrolysis) is 1. The van der Waals surface area contributed by atoms with Gasteiger partial charge in [-0.3, -0.25) is 4.79 Å². The number of nitrogens with zero attached hydrogens (tertiary/aromatic N) is 2. The van der Waals surface area contributed by atoms with Gasteiger partial charge in [0.25, 0.3) is 0 Å². The molecular weight excluding hydrogens is 436 g/mol. The number of likely N-dealkylation sites (tertiary alicyclic amines) is 1. The minimum atomic E-state index is -0.613. The summed E-state index contributed by atoms with van der Waals surface area (Å²) in [6.45, 7) is 0.560. The van der Waals surface area contributed by atoms with Crippen LogP contribution in [0.1, 0.15) is 24.7 Å². The monoisotopic (exact) mass is 456 g/mol. The Balaban J connectivity index is 1.56. The molecule has 2 heterocycles. The van der Waals surface area contributed by atoms with Crippen LogP contribution in [0.25, 0.3) is 22.2 Å². The van der Waals surface area contributed by atoms with E-state index in [9.17, 15) is 9.59 Å². The summed E-state index contributed by atoms with van der Waals surface area (Å²) in [6.07, 6.45) is 1.12. The second-order valence-electron chi connectivity index (χ2n) is 6.95. The molecule has 1 aliphatic rings. The van der Waals surface area contributed by atoms with E-state index in [1.165, 1.54) is 7.11 Å². The molecule has 4 rings (SSSR count). The molecule has 1 fully saturated rings. The van der Waals surface area contributed by atoms with Crippen LogP contribution in [-0.2, 0) is 9.53 Å². The lowest BCUT2D eigenvalue weighted by Gasteiger charge is -2.23. The van der Waals surface area contributed by atoms with Gasteiger partial charge in [-0.2, -0.15) is 0 Å². The largest absolute Gasteiger partial charge is 0.453 e. The summed E-state index contributed by atoms with van der Waals surface area (Å²) in [5.74, 6) is 0.630. The Bertz CT molecular complexity index is 1050. The number of aromatic nitrogens is 2. The van der Waals surface area contributed by atoms with E-state index in [-0.39, 0.29) is 18.5 Å². The first kappa shape index (κ1) is 19.4. The number of amides is 2. The van der Waals surface area contributed by atoms with Crippen molar-refractivity contribution in [1.82, 2.24) is 20.2 Å². The molecule has 7 nitrogen and oxygen atoms in total. The van der Waals surface area contributed by atoms with Crippen molar-refractivity contribution in [1.29, 1.82) is 0 Å². The molecule has 150 valence electrons. The summed E-state index contributed by atoms with van der Waals surface area (Å²) >= 11 is 3.46. The average molecular weight is 457 g/mol. The number of hydrogen-bond donors (Lipinski definition) is 2. The Labute approximate surface area is 176 Å². The first-order valence-electron chi connectivity index (χ1n) is 9.42. The molecule has 0 radical (unpaired) electrons. The number of methoxy groups -OCH3 is 1. The van der Waals surface area contributed by atoms with Crippen LogP contribution in [-0.4, -0.2) is 47.1 Å². The summed E-state index contributed by atoms with van der Waals surface area (Å²) in [4.78, 5) is 33.7. The summed E-state index contributed by atoms with van der Waals surface area (Å²) in [5, 5.41) is 2.45. The third kappa shape index (κ3) is 4.12. The van der Waals surface area contributed by atoms with Crippen molar-refractivity contribution in [2.24, 2.45) is 0 Å². The van der Waals surface area contributed by atoms with E-state index in [1.54, 1.807) is 4.90 Å². The molecule has 1 aromatic heterocycles. The van der Waals surface area contributed by atoms with E-state index in [0.717, 1.165) is 45.3 Å². The van der Waals surface area contributed by atoms with Crippen LogP contribution in [0, 0.1) is 0 Å². The van der Waals surface area contributed by atoms with Crippen molar-refractivity contribution in [2.75, 3.05) is 20.2 Å². The van der Waals surface area contributed by atoms with Gasteiger partial charge >= 0.3 is 6.09 Å². The normalized spacial score (nSPS) is 16.2. The van der Waals surface area contributed by atoms with E-state index in [4.69, 9.17) is 4.98 Å². The first-order chi connectivity index (χ1) is 14.0. The van der Waals surface area contributed by atoms with Gasteiger partial charge in [-0.25, -0.2) is 9.78 Å². The number of rotatable bonds is 4. The molecule has 0 unspecified atom stereocenters. The molecule has 0 aliphatic carbocycles. The highest BCUT2D eigenvalue weighted by Gasteiger charge is 2.32. The third-order valence-electron chi connectivity index (χ3n) is 5.14. The van der Waals surface area contributed by atoms with E-state index < -0.39 is 6.09 Å². The van der Waals surface area contributed by atoms with Gasteiger partial charge in [0.15, 0.2) is 0 Å². The molecule has 0 bridgehead atoms. The molecule has 0 saturated carbocycles. The van der Waals surface area contributed by atoms with Crippen LogP contribution in [0.2, 0.25) is 0 Å². The van der Waals surface area contributed by atoms with E-state index in [1.807, 2.05) is 24.3 Å². The van der Waals surface area contributed by atoms with Crippen molar-refractivity contribution in [3.8, 4) is 11.1 Å². The maximum Gasteiger partial charge on any atom is 0.407 e. The Hall–Kier alpha value is -2.87. The number of hydrogen-bond acceptors (Lipinski definition) is 4. The number of H-pyrrole nitrogens is 1. The number of halogens is 1. The molecule has 0 spiro atoms. The summed E-state index contributed by atoms with van der Waals surface area (Å²) in [6, 6.07) is 14.2. The molecule has 1 aliphatic heterocycles. The van der Waals surface area contributed by atoms with Gasteiger partial charge < -0.3 is 19.9 Å². The maximum absolute atomic E-state index is 12.5. The zero-order valence-corrected chi connectivity index (χ0v) is 17.5. The molecule has 2 N–H and O–H groups in total. The van der Waals surface area contributed by atoms with Crippen LogP contribution >= 0.6 is 15.9 Å². The number of fused-ring (bicyclic) bond motifs is 1. The molecule has 3 aromatic rings. The highest BCUT2D eigenvalue weighted by molar-refractivity contribution is 9.10. The van der Waals surface area contributed by atoms with Gasteiger partial charge in [0.1, 0.15) is 12.4 Å². The van der Waals surface area contributed by atoms with Crippen molar-refractivity contribution in [3.05, 3.63) is 52.8 Å². The van der Waals surface area contributed by atoms with Crippen LogP contribution in [0.15, 0.2) is 46.9 Å². The highest BCUT2D eigenvalue weighted by Crippen LogP contribution is 2.32. The minimum Gasteiger partial charge on any atom is -0.453 e. The lowest BCUT2D eigenvalue weighted by Crippen LogP contribution is -2.40. The number of aromatic amines is 1. The van der Waals surface area contributed by atoms with E-state index in [0.29, 0.717) is 6.54 Å². The molecule has 2 aromatic carbocycles. The van der Waals surface area contributed by atoms with Crippen LogP contribution in [0.5, 0.6) is 0 Å². The first-order valence-corrected chi connectivity index (χ1v) is 10.2. The van der Waals surface area contributed by atoms with Gasteiger partial charge in [-0.05, 0) is 48.2 Å². The highest BCUT2D eigenvalue weighted by atomic mass is 79.9. The number of imidazole rings is 1. The standard InChI is InChI=1S/C21H21BrN4O3/c1-29-21(28)23-12-19(27)26-10-2-3-18(26)20-24-16-9-6-14(11-17(16)25-20)13-4-7-15(22)8-5-13/h4-9,11,18H,2-3,10,12H2,1H3,(H,23,28)(H,24,25)/t18-/m0/s1. The van der Waals surface area contributed by atoms with Gasteiger partial charge in [0, 0.05) is 11.0 Å². The number of ether oxygens (including phenoxy) is 1. The Morgan fingerprint density at radius 2 is 2.00 bits per heavy atom. The SMILES string of the molecule is COC(=O)NCC(=O)N1CCC[C@H]1c1nc2ccc(-c3ccc(Br)cc3)cc2[nH]1. The quantitative estimate of drug-likeness (QED) is 0.620. The van der Waals surface area contributed by atoms with E-state index in [2.05, 4.69) is 49.2 Å². The zero-order valence-electron chi connectivity index (χ0n) is 15.9. The van der Waals surface area contributed by atoms with Crippen LogP contribution in [0.4, 0.5) is 4.79 Å². The number of nitrogens with one attached hydrogen (secondary N) is 2. The zero-order chi connectivity index (χ0) is 20.4.